The summed E-state index contributed by atoms with van der Waals surface area (Å²) in [6.07, 6.45) is 6.73. The van der Waals surface area contributed by atoms with Crippen molar-refractivity contribution < 1.29 is 4.79 Å². The van der Waals surface area contributed by atoms with Crippen LogP contribution in [0.1, 0.15) is 44.1 Å². The molecule has 0 spiro atoms. The first-order chi connectivity index (χ1) is 9.34. The highest BCUT2D eigenvalue weighted by atomic mass is 16.1. The fourth-order valence-electron chi connectivity index (χ4n) is 2.58. The largest absolute Gasteiger partial charge is 0.353 e. The zero-order valence-electron chi connectivity index (χ0n) is 11.5. The van der Waals surface area contributed by atoms with Gasteiger partial charge in [-0.3, -0.25) is 4.79 Å². The monoisotopic (exact) mass is 260 g/mol. The van der Waals surface area contributed by atoms with E-state index >= 15 is 0 Å². The molecule has 0 saturated heterocycles. The summed E-state index contributed by atoms with van der Waals surface area (Å²) >= 11 is 0. The van der Waals surface area contributed by atoms with Crippen LogP contribution in [0.25, 0.3) is 0 Å². The summed E-state index contributed by atoms with van der Waals surface area (Å²) in [5.74, 6) is 0.187. The highest BCUT2D eigenvalue weighted by molar-refractivity contribution is 5.76. The molecule has 104 valence electrons. The lowest BCUT2D eigenvalue weighted by molar-refractivity contribution is -0.121. The summed E-state index contributed by atoms with van der Waals surface area (Å²) in [6, 6.07) is 10.7. The summed E-state index contributed by atoms with van der Waals surface area (Å²) in [4.78, 5) is 11.8. The van der Waals surface area contributed by atoms with Crippen molar-refractivity contribution in [2.75, 3.05) is 6.54 Å². The van der Waals surface area contributed by atoms with E-state index in [-0.39, 0.29) is 5.91 Å². The van der Waals surface area contributed by atoms with Gasteiger partial charge in [0.1, 0.15) is 0 Å². The first-order valence-corrected chi connectivity index (χ1v) is 7.38. The lowest BCUT2D eigenvalue weighted by atomic mass is 9.95. The Kier molecular flexibility index (Phi) is 5.89. The predicted octanol–water partition coefficient (Wildman–Crippen LogP) is 2.62. The molecule has 0 atom stereocenters. The van der Waals surface area contributed by atoms with Crippen LogP contribution in [0, 0.1) is 0 Å². The fourth-order valence-corrected chi connectivity index (χ4v) is 2.58. The van der Waals surface area contributed by atoms with Gasteiger partial charge in [0, 0.05) is 25.6 Å². The van der Waals surface area contributed by atoms with Gasteiger partial charge in [-0.1, -0.05) is 49.6 Å². The number of hydrogen-bond acceptors (Lipinski definition) is 2. The van der Waals surface area contributed by atoms with Crippen molar-refractivity contribution in [2.24, 2.45) is 0 Å². The molecule has 1 amide bonds. The number of hydrogen-bond donors (Lipinski definition) is 2. The maximum atomic E-state index is 11.8. The molecule has 2 rings (SSSR count). The Labute approximate surface area is 115 Å². The number of rotatable bonds is 6. The minimum absolute atomic E-state index is 0.187. The molecular formula is C16H24N2O. The SMILES string of the molecule is O=C(CCNCc1ccccc1)NC1CCCCC1. The predicted molar refractivity (Wildman–Crippen MR) is 77.8 cm³/mol. The molecule has 0 aromatic heterocycles. The Hall–Kier alpha value is -1.35. The normalized spacial score (nSPS) is 16.2. The lowest BCUT2D eigenvalue weighted by Crippen LogP contribution is -2.37. The molecule has 1 fully saturated rings. The smallest absolute Gasteiger partial charge is 0.221 e. The van der Waals surface area contributed by atoms with Crippen LogP contribution in [-0.4, -0.2) is 18.5 Å². The fraction of sp³-hybridized carbons (Fsp3) is 0.562. The molecule has 0 unspecified atom stereocenters. The van der Waals surface area contributed by atoms with E-state index in [1.54, 1.807) is 0 Å². The Morgan fingerprint density at radius 2 is 1.84 bits per heavy atom. The third kappa shape index (κ3) is 5.43. The highest BCUT2D eigenvalue weighted by Crippen LogP contribution is 2.17. The van der Waals surface area contributed by atoms with Crippen molar-refractivity contribution in [2.45, 2.75) is 51.1 Å². The van der Waals surface area contributed by atoms with E-state index in [0.29, 0.717) is 12.5 Å². The second-order valence-corrected chi connectivity index (χ2v) is 5.31. The molecule has 19 heavy (non-hydrogen) atoms. The van der Waals surface area contributed by atoms with Gasteiger partial charge in [-0.15, -0.1) is 0 Å². The van der Waals surface area contributed by atoms with E-state index in [1.807, 2.05) is 18.2 Å². The third-order valence-electron chi connectivity index (χ3n) is 3.67. The Balaban J connectivity index is 1.56. The zero-order valence-corrected chi connectivity index (χ0v) is 11.5. The molecule has 1 aliphatic carbocycles. The van der Waals surface area contributed by atoms with Crippen LogP contribution in [-0.2, 0) is 11.3 Å². The van der Waals surface area contributed by atoms with E-state index in [9.17, 15) is 4.79 Å². The van der Waals surface area contributed by atoms with Gasteiger partial charge in [0.25, 0.3) is 0 Å². The number of carbonyl (C=O) groups is 1. The molecule has 3 heteroatoms. The minimum atomic E-state index is 0.187. The molecule has 1 aromatic carbocycles. The van der Waals surface area contributed by atoms with Crippen molar-refractivity contribution in [1.29, 1.82) is 0 Å². The van der Waals surface area contributed by atoms with Crippen molar-refractivity contribution in [1.82, 2.24) is 10.6 Å². The Morgan fingerprint density at radius 1 is 1.11 bits per heavy atom. The number of amides is 1. The van der Waals surface area contributed by atoms with Crippen LogP contribution in [0.15, 0.2) is 30.3 Å². The molecule has 1 aliphatic rings. The van der Waals surface area contributed by atoms with Crippen LogP contribution in [0.3, 0.4) is 0 Å². The topological polar surface area (TPSA) is 41.1 Å². The highest BCUT2D eigenvalue weighted by Gasteiger charge is 2.14. The number of benzene rings is 1. The van der Waals surface area contributed by atoms with Crippen LogP contribution in [0.4, 0.5) is 0 Å². The summed E-state index contributed by atoms with van der Waals surface area (Å²) in [5.41, 5.74) is 1.26. The van der Waals surface area contributed by atoms with E-state index in [2.05, 4.69) is 22.8 Å². The van der Waals surface area contributed by atoms with Crippen molar-refractivity contribution in [3.8, 4) is 0 Å². The van der Waals surface area contributed by atoms with Crippen molar-refractivity contribution >= 4 is 5.91 Å². The van der Waals surface area contributed by atoms with Gasteiger partial charge in [-0.05, 0) is 18.4 Å². The lowest BCUT2D eigenvalue weighted by Gasteiger charge is -2.22. The first-order valence-electron chi connectivity index (χ1n) is 7.38. The van der Waals surface area contributed by atoms with E-state index in [0.717, 1.165) is 25.9 Å². The van der Waals surface area contributed by atoms with Crippen molar-refractivity contribution in [3.05, 3.63) is 35.9 Å². The molecule has 0 bridgehead atoms. The van der Waals surface area contributed by atoms with Gasteiger partial charge in [-0.25, -0.2) is 0 Å². The second kappa shape index (κ2) is 7.95. The summed E-state index contributed by atoms with van der Waals surface area (Å²) in [5, 5.41) is 6.45. The Bertz CT molecular complexity index is 372. The first kappa shape index (κ1) is 14.1. The molecule has 1 aromatic rings. The second-order valence-electron chi connectivity index (χ2n) is 5.31. The molecule has 3 nitrogen and oxygen atoms in total. The molecular weight excluding hydrogens is 236 g/mol. The summed E-state index contributed by atoms with van der Waals surface area (Å²) in [7, 11) is 0. The molecule has 0 heterocycles. The third-order valence-corrected chi connectivity index (χ3v) is 3.67. The minimum Gasteiger partial charge on any atom is -0.353 e. The average Bonchev–Trinajstić information content (AvgIpc) is 2.46. The van der Waals surface area contributed by atoms with Crippen molar-refractivity contribution in [3.63, 3.8) is 0 Å². The van der Waals surface area contributed by atoms with Gasteiger partial charge in [0.15, 0.2) is 0 Å². The average molecular weight is 260 g/mol. The van der Waals surface area contributed by atoms with E-state index < -0.39 is 0 Å². The molecule has 0 radical (unpaired) electrons. The molecule has 2 N–H and O–H groups in total. The van der Waals surface area contributed by atoms with E-state index in [1.165, 1.54) is 24.8 Å². The van der Waals surface area contributed by atoms with Gasteiger partial charge < -0.3 is 10.6 Å². The summed E-state index contributed by atoms with van der Waals surface area (Å²) in [6.45, 7) is 1.57. The van der Waals surface area contributed by atoms with E-state index in [4.69, 9.17) is 0 Å². The summed E-state index contributed by atoms with van der Waals surface area (Å²) < 4.78 is 0. The van der Waals surface area contributed by atoms with Crippen LogP contribution >= 0.6 is 0 Å². The van der Waals surface area contributed by atoms with Crippen LogP contribution in [0.2, 0.25) is 0 Å². The number of nitrogens with one attached hydrogen (secondary N) is 2. The number of carbonyl (C=O) groups excluding carboxylic acids is 1. The van der Waals surface area contributed by atoms with Gasteiger partial charge >= 0.3 is 0 Å². The zero-order chi connectivity index (χ0) is 13.3. The standard InChI is InChI=1S/C16H24N2O/c19-16(18-15-9-5-2-6-10-15)11-12-17-13-14-7-3-1-4-8-14/h1,3-4,7-8,15,17H,2,5-6,9-13H2,(H,18,19). The maximum absolute atomic E-state index is 11.8. The quantitative estimate of drug-likeness (QED) is 0.772. The molecule has 1 saturated carbocycles. The van der Waals surface area contributed by atoms with Crippen LogP contribution in [0.5, 0.6) is 0 Å². The Morgan fingerprint density at radius 3 is 2.58 bits per heavy atom. The van der Waals surface area contributed by atoms with Gasteiger partial charge in [0.05, 0.1) is 0 Å². The van der Waals surface area contributed by atoms with Gasteiger partial charge in [-0.2, -0.15) is 0 Å². The van der Waals surface area contributed by atoms with Gasteiger partial charge in [0.2, 0.25) is 5.91 Å². The maximum Gasteiger partial charge on any atom is 0.221 e. The van der Waals surface area contributed by atoms with Crippen LogP contribution < -0.4 is 10.6 Å². The molecule has 0 aliphatic heterocycles.